The van der Waals surface area contributed by atoms with Gasteiger partial charge in [0.15, 0.2) is 5.69 Å². The van der Waals surface area contributed by atoms with Crippen LogP contribution in [-0.2, 0) is 6.42 Å². The molecule has 5 rings (SSSR count). The van der Waals surface area contributed by atoms with Gasteiger partial charge < -0.3 is 9.88 Å². The molecule has 0 saturated heterocycles. The van der Waals surface area contributed by atoms with Crippen molar-refractivity contribution in [3.05, 3.63) is 71.7 Å². The molecule has 0 radical (unpaired) electrons. The van der Waals surface area contributed by atoms with E-state index in [1.165, 1.54) is 16.8 Å². The Bertz CT molecular complexity index is 1170. The molecule has 1 aliphatic heterocycles. The van der Waals surface area contributed by atoms with Crippen molar-refractivity contribution in [2.45, 2.75) is 12.5 Å². The van der Waals surface area contributed by atoms with Crippen molar-refractivity contribution >= 4 is 11.3 Å². The number of hydrogen-bond donors (Lipinski definition) is 1. The van der Waals surface area contributed by atoms with Crippen molar-refractivity contribution in [2.24, 2.45) is 0 Å². The number of H-pyrrole nitrogens is 1. The Hall–Kier alpha value is -3.80. The zero-order valence-electron chi connectivity index (χ0n) is 14.0. The molecule has 0 spiro atoms. The number of hydrogen-bond acceptors (Lipinski definition) is 6. The van der Waals surface area contributed by atoms with Gasteiger partial charge in [0, 0.05) is 24.9 Å². The van der Waals surface area contributed by atoms with Crippen LogP contribution >= 0.6 is 0 Å². The maximum Gasteiger partial charge on any atom is 0.158 e. The molecular formula is C18H13FN8. The summed E-state index contributed by atoms with van der Waals surface area (Å²) in [6.07, 6.45) is 7.13. The average Bonchev–Trinajstić information content (AvgIpc) is 3.35. The fraction of sp³-hybridized carbons (Fsp3) is 0.167. The van der Waals surface area contributed by atoms with Crippen LogP contribution in [0.15, 0.2) is 43.1 Å². The average molecular weight is 360 g/mol. The summed E-state index contributed by atoms with van der Waals surface area (Å²) in [6, 6.07) is 6.39. The van der Waals surface area contributed by atoms with E-state index in [0.717, 1.165) is 17.8 Å². The zero-order valence-corrected chi connectivity index (χ0v) is 14.0. The number of aromatic amines is 1. The number of nitrogens with one attached hydrogen (secondary N) is 1. The standard InChI is InChI=1S/C18H13FN8/c19-12-2-1-4-27-15(12)6-14(25-27)18-17-13(23-10-24-17)3-5-26(18)16-9-21-11(7-20)8-22-16/h1-2,4,6,8-10,18H,3,5H2,(H,23,24)/t18-/m1/s1. The molecule has 132 valence electrons. The second-order valence-corrected chi connectivity index (χ2v) is 6.24. The van der Waals surface area contributed by atoms with Crippen LogP contribution in [-0.4, -0.2) is 36.1 Å². The third-order valence-corrected chi connectivity index (χ3v) is 4.72. The highest BCUT2D eigenvalue weighted by atomic mass is 19.1. The fourth-order valence-electron chi connectivity index (χ4n) is 3.48. The lowest BCUT2D eigenvalue weighted by atomic mass is 10.00. The zero-order chi connectivity index (χ0) is 18.4. The largest absolute Gasteiger partial charge is 0.348 e. The van der Waals surface area contributed by atoms with E-state index in [1.807, 2.05) is 11.0 Å². The van der Waals surface area contributed by atoms with Gasteiger partial charge in [0.2, 0.25) is 0 Å². The Labute approximate surface area is 152 Å². The van der Waals surface area contributed by atoms with Crippen LogP contribution < -0.4 is 4.90 Å². The molecule has 1 aliphatic rings. The SMILES string of the molecule is N#Cc1cnc(N2CCc3[nH]cnc3[C@H]2c2cc3c(F)cccn3n2)cn1. The van der Waals surface area contributed by atoms with E-state index in [4.69, 9.17) is 5.26 Å². The summed E-state index contributed by atoms with van der Waals surface area (Å²) in [5, 5.41) is 13.5. The number of pyridine rings is 1. The van der Waals surface area contributed by atoms with Gasteiger partial charge >= 0.3 is 0 Å². The second kappa shape index (κ2) is 5.88. The van der Waals surface area contributed by atoms with Gasteiger partial charge in [-0.25, -0.2) is 23.9 Å². The summed E-state index contributed by atoms with van der Waals surface area (Å²) in [4.78, 5) is 18.2. The lowest BCUT2D eigenvalue weighted by Crippen LogP contribution is -2.37. The molecule has 0 saturated carbocycles. The molecule has 0 aromatic carbocycles. The van der Waals surface area contributed by atoms with Gasteiger partial charge in [0.25, 0.3) is 0 Å². The van der Waals surface area contributed by atoms with Crippen molar-refractivity contribution in [2.75, 3.05) is 11.4 Å². The van der Waals surface area contributed by atoms with E-state index in [0.29, 0.717) is 23.6 Å². The number of rotatable bonds is 2. The molecule has 0 fully saturated rings. The van der Waals surface area contributed by atoms with Crippen molar-refractivity contribution in [3.8, 4) is 6.07 Å². The third kappa shape index (κ3) is 2.42. The summed E-state index contributed by atoms with van der Waals surface area (Å²) in [7, 11) is 0. The summed E-state index contributed by atoms with van der Waals surface area (Å²) in [5.74, 6) is 0.282. The topological polar surface area (TPSA) is 98.8 Å². The minimum atomic E-state index is -0.334. The van der Waals surface area contributed by atoms with Crippen LogP contribution in [0.1, 0.15) is 28.8 Å². The number of fused-ring (bicyclic) bond motifs is 2. The smallest absolute Gasteiger partial charge is 0.158 e. The van der Waals surface area contributed by atoms with Crippen molar-refractivity contribution in [3.63, 3.8) is 0 Å². The molecule has 27 heavy (non-hydrogen) atoms. The monoisotopic (exact) mass is 360 g/mol. The summed E-state index contributed by atoms with van der Waals surface area (Å²) >= 11 is 0. The first-order valence-electron chi connectivity index (χ1n) is 8.39. The fourth-order valence-corrected chi connectivity index (χ4v) is 3.48. The number of imidazole rings is 1. The minimum Gasteiger partial charge on any atom is -0.348 e. The maximum absolute atomic E-state index is 14.2. The van der Waals surface area contributed by atoms with Crippen LogP contribution in [0.25, 0.3) is 5.52 Å². The summed E-state index contributed by atoms with van der Waals surface area (Å²) in [6.45, 7) is 0.663. The molecule has 1 atom stereocenters. The third-order valence-electron chi connectivity index (χ3n) is 4.72. The first kappa shape index (κ1) is 15.5. The van der Waals surface area contributed by atoms with Crippen LogP contribution in [0.3, 0.4) is 0 Å². The Morgan fingerprint density at radius 2 is 2.19 bits per heavy atom. The van der Waals surface area contributed by atoms with Crippen LogP contribution in [0.4, 0.5) is 10.2 Å². The predicted molar refractivity (Wildman–Crippen MR) is 93.4 cm³/mol. The number of aromatic nitrogens is 6. The van der Waals surface area contributed by atoms with E-state index in [1.54, 1.807) is 30.9 Å². The normalized spacial score (nSPS) is 16.3. The minimum absolute atomic E-state index is 0.252. The van der Waals surface area contributed by atoms with E-state index < -0.39 is 0 Å². The quantitative estimate of drug-likeness (QED) is 0.587. The van der Waals surface area contributed by atoms with Gasteiger partial charge in [-0.2, -0.15) is 10.4 Å². The van der Waals surface area contributed by atoms with E-state index in [-0.39, 0.29) is 17.6 Å². The molecule has 4 aromatic rings. The highest BCUT2D eigenvalue weighted by Gasteiger charge is 2.34. The molecule has 9 heteroatoms. The van der Waals surface area contributed by atoms with Crippen LogP contribution in [0.5, 0.6) is 0 Å². The molecule has 8 nitrogen and oxygen atoms in total. The Balaban J connectivity index is 1.66. The lowest BCUT2D eigenvalue weighted by molar-refractivity contribution is 0.608. The van der Waals surface area contributed by atoms with Gasteiger partial charge in [0.1, 0.15) is 29.3 Å². The lowest BCUT2D eigenvalue weighted by Gasteiger charge is -2.34. The molecule has 0 bridgehead atoms. The van der Waals surface area contributed by atoms with Crippen molar-refractivity contribution < 1.29 is 4.39 Å². The van der Waals surface area contributed by atoms with Crippen molar-refractivity contribution in [1.29, 1.82) is 5.26 Å². The molecule has 5 heterocycles. The molecule has 1 N–H and O–H groups in total. The summed E-state index contributed by atoms with van der Waals surface area (Å²) in [5.41, 5.74) is 3.18. The molecule has 0 amide bonds. The van der Waals surface area contributed by atoms with Gasteiger partial charge in [0.05, 0.1) is 30.1 Å². The first-order chi connectivity index (χ1) is 13.2. The predicted octanol–water partition coefficient (Wildman–Crippen LogP) is 2.01. The second-order valence-electron chi connectivity index (χ2n) is 6.24. The molecular weight excluding hydrogens is 347 g/mol. The van der Waals surface area contributed by atoms with Crippen LogP contribution in [0, 0.1) is 17.1 Å². The number of nitrogens with zero attached hydrogens (tertiary/aromatic N) is 7. The first-order valence-corrected chi connectivity index (χ1v) is 8.39. The Morgan fingerprint density at radius 1 is 1.26 bits per heavy atom. The number of halogens is 1. The van der Waals surface area contributed by atoms with E-state index in [2.05, 4.69) is 25.0 Å². The molecule has 0 aliphatic carbocycles. The number of nitriles is 1. The van der Waals surface area contributed by atoms with Gasteiger partial charge in [-0.15, -0.1) is 0 Å². The Morgan fingerprint density at radius 3 is 2.96 bits per heavy atom. The maximum atomic E-state index is 14.2. The van der Waals surface area contributed by atoms with Crippen LogP contribution in [0.2, 0.25) is 0 Å². The Kier molecular flexibility index (Phi) is 3.36. The van der Waals surface area contributed by atoms with E-state index >= 15 is 0 Å². The van der Waals surface area contributed by atoms with Gasteiger partial charge in [-0.1, -0.05) is 0 Å². The summed E-state index contributed by atoms with van der Waals surface area (Å²) < 4.78 is 15.7. The number of anilines is 1. The molecule has 0 unspecified atom stereocenters. The van der Waals surface area contributed by atoms with E-state index in [9.17, 15) is 4.39 Å². The molecule has 4 aromatic heterocycles. The van der Waals surface area contributed by atoms with Gasteiger partial charge in [-0.3, -0.25) is 0 Å². The van der Waals surface area contributed by atoms with Gasteiger partial charge in [-0.05, 0) is 18.2 Å². The highest BCUT2D eigenvalue weighted by molar-refractivity contribution is 5.54. The highest BCUT2D eigenvalue weighted by Crippen LogP contribution is 2.35. The van der Waals surface area contributed by atoms with Crippen molar-refractivity contribution in [1.82, 2.24) is 29.5 Å².